The second kappa shape index (κ2) is 8.99. The van der Waals surface area contributed by atoms with Crippen LogP contribution in [0.5, 0.6) is 0 Å². The molecule has 1 heterocycles. The number of Topliss-reactive ketones (excluding diaryl/α,β-unsaturated/α-hetero) is 1. The maximum absolute atomic E-state index is 13.8. The van der Waals surface area contributed by atoms with Gasteiger partial charge >= 0.3 is 5.97 Å². The van der Waals surface area contributed by atoms with Crippen LogP contribution in [-0.4, -0.2) is 16.3 Å². The number of ketones is 1. The first-order valence-corrected chi connectivity index (χ1v) is 11.7. The minimum absolute atomic E-state index is 0.0689. The Morgan fingerprint density at radius 3 is 2.20 bits per heavy atom. The summed E-state index contributed by atoms with van der Waals surface area (Å²) < 4.78 is 21.9. The molecule has 0 bridgehead atoms. The average molecular weight is 468 g/mol. The molecule has 35 heavy (non-hydrogen) atoms. The van der Waals surface area contributed by atoms with E-state index in [1.165, 1.54) is 12.1 Å². The van der Waals surface area contributed by atoms with Crippen LogP contribution < -0.4 is 0 Å². The van der Waals surface area contributed by atoms with Gasteiger partial charge in [0.15, 0.2) is 11.9 Å². The number of hydrogen-bond acceptors (Lipinski definition) is 3. The van der Waals surface area contributed by atoms with Gasteiger partial charge in [-0.2, -0.15) is 0 Å². The number of carbonyl (C=O) groups is 2. The van der Waals surface area contributed by atoms with Crippen molar-refractivity contribution >= 4 is 11.8 Å². The lowest BCUT2D eigenvalue weighted by Crippen LogP contribution is -2.28. The summed E-state index contributed by atoms with van der Waals surface area (Å²) >= 11 is 0. The van der Waals surface area contributed by atoms with Gasteiger partial charge in [0.25, 0.3) is 0 Å². The van der Waals surface area contributed by atoms with Crippen molar-refractivity contribution in [3.63, 3.8) is 0 Å². The molecule has 1 unspecified atom stereocenters. The van der Waals surface area contributed by atoms with Crippen LogP contribution in [0.15, 0.2) is 91.0 Å². The van der Waals surface area contributed by atoms with Crippen molar-refractivity contribution in [2.75, 3.05) is 0 Å². The fourth-order valence-corrected chi connectivity index (χ4v) is 4.79. The van der Waals surface area contributed by atoms with Crippen LogP contribution in [0.4, 0.5) is 4.39 Å². The Morgan fingerprint density at radius 2 is 1.54 bits per heavy atom. The fraction of sp³-hybridized carbons (Fsp3) is 0.200. The van der Waals surface area contributed by atoms with Gasteiger partial charge in [-0.15, -0.1) is 0 Å². The Morgan fingerprint density at radius 1 is 0.914 bits per heavy atom. The highest BCUT2D eigenvalue weighted by atomic mass is 19.1. The summed E-state index contributed by atoms with van der Waals surface area (Å²) in [4.78, 5) is 26.3. The maximum Gasteiger partial charge on any atom is 0.339 e. The van der Waals surface area contributed by atoms with E-state index in [2.05, 4.69) is 13.8 Å². The van der Waals surface area contributed by atoms with Crippen molar-refractivity contribution < 1.29 is 18.7 Å². The van der Waals surface area contributed by atoms with Crippen LogP contribution in [0.25, 0.3) is 5.69 Å². The number of halogens is 1. The summed E-state index contributed by atoms with van der Waals surface area (Å²) in [6.45, 7) is 4.17. The highest BCUT2D eigenvalue weighted by molar-refractivity contribution is 5.99. The number of esters is 1. The van der Waals surface area contributed by atoms with Crippen LogP contribution in [0.1, 0.15) is 64.0 Å². The zero-order valence-electron chi connectivity index (χ0n) is 19.7. The van der Waals surface area contributed by atoms with Gasteiger partial charge in [-0.05, 0) is 59.9 Å². The van der Waals surface area contributed by atoms with Crippen molar-refractivity contribution in [1.29, 1.82) is 0 Å². The van der Waals surface area contributed by atoms with Gasteiger partial charge in [-0.3, -0.25) is 4.79 Å². The van der Waals surface area contributed by atoms with E-state index in [0.29, 0.717) is 35.2 Å². The largest absolute Gasteiger partial charge is 0.447 e. The fourth-order valence-electron chi connectivity index (χ4n) is 4.79. The second-order valence-corrected chi connectivity index (χ2v) is 9.74. The normalized spacial score (nSPS) is 15.3. The van der Waals surface area contributed by atoms with Crippen molar-refractivity contribution in [1.82, 2.24) is 4.57 Å². The number of carbonyl (C=O) groups excluding carboxylic acids is 2. The first-order chi connectivity index (χ1) is 16.8. The Kier molecular flexibility index (Phi) is 5.85. The number of hydrogen-bond donors (Lipinski definition) is 0. The summed E-state index contributed by atoms with van der Waals surface area (Å²) in [6.07, 6.45) is 0.305. The van der Waals surface area contributed by atoms with Gasteiger partial charge < -0.3 is 9.30 Å². The van der Waals surface area contributed by atoms with Crippen LogP contribution >= 0.6 is 0 Å². The van der Waals surface area contributed by atoms with Crippen LogP contribution in [-0.2, 0) is 11.2 Å². The molecule has 4 nitrogen and oxygen atoms in total. The molecule has 176 valence electrons. The number of rotatable bonds is 5. The molecule has 0 saturated heterocycles. The van der Waals surface area contributed by atoms with Crippen molar-refractivity contribution in [2.45, 2.75) is 32.8 Å². The lowest BCUT2D eigenvalue weighted by molar-refractivity contribution is 0.0367. The zero-order chi connectivity index (χ0) is 24.6. The Bertz CT molecular complexity index is 1370. The molecule has 1 atom stereocenters. The standard InChI is InChI=1S/C30H26FNO3/c1-30(2)18-26-24(27(33)19-30)17-25(32(26)23-11-7-4-8-12-23)28(20-13-15-22(31)16-14-20)35-29(34)21-9-5-3-6-10-21/h3-17,28H,18-19H2,1-2H3. The SMILES string of the molecule is CC1(C)CC(=O)c2cc(C(OC(=O)c3ccccc3)c3ccc(F)cc3)n(-c3ccccc3)c2C1. The Hall–Kier alpha value is -3.99. The summed E-state index contributed by atoms with van der Waals surface area (Å²) in [6, 6.07) is 26.3. The van der Waals surface area contributed by atoms with Gasteiger partial charge in [-0.1, -0.05) is 62.4 Å². The number of nitrogens with zero attached hydrogens (tertiary/aromatic N) is 1. The van der Waals surface area contributed by atoms with Crippen molar-refractivity contribution in [3.05, 3.63) is 125 Å². The molecule has 5 rings (SSSR count). The molecular weight excluding hydrogens is 441 g/mol. The molecule has 1 aromatic heterocycles. The van der Waals surface area contributed by atoms with E-state index in [0.717, 1.165) is 11.4 Å². The number of aromatic nitrogens is 1. The smallest absolute Gasteiger partial charge is 0.339 e. The molecule has 0 radical (unpaired) electrons. The molecule has 0 amide bonds. The molecular formula is C30H26FNO3. The molecule has 0 fully saturated rings. The average Bonchev–Trinajstić information content (AvgIpc) is 3.22. The number of fused-ring (bicyclic) bond motifs is 1. The molecule has 5 heteroatoms. The van der Waals surface area contributed by atoms with Gasteiger partial charge in [0.1, 0.15) is 5.82 Å². The van der Waals surface area contributed by atoms with Crippen LogP contribution in [0.3, 0.4) is 0 Å². The van der Waals surface area contributed by atoms with Gasteiger partial charge in [0, 0.05) is 23.4 Å². The molecule has 0 saturated carbocycles. The third kappa shape index (κ3) is 4.54. The highest BCUT2D eigenvalue weighted by Gasteiger charge is 2.37. The van der Waals surface area contributed by atoms with Gasteiger partial charge in [0.2, 0.25) is 0 Å². The van der Waals surface area contributed by atoms with Crippen LogP contribution in [0.2, 0.25) is 0 Å². The lowest BCUT2D eigenvalue weighted by atomic mass is 9.76. The molecule has 0 spiro atoms. The third-order valence-electron chi connectivity index (χ3n) is 6.41. The van der Waals surface area contributed by atoms with Gasteiger partial charge in [0.05, 0.1) is 11.3 Å². The summed E-state index contributed by atoms with van der Waals surface area (Å²) in [5, 5.41) is 0. The first-order valence-electron chi connectivity index (χ1n) is 11.7. The monoisotopic (exact) mass is 467 g/mol. The van der Waals surface area contributed by atoms with E-state index in [4.69, 9.17) is 4.74 Å². The highest BCUT2D eigenvalue weighted by Crippen LogP contribution is 2.41. The van der Waals surface area contributed by atoms with E-state index >= 15 is 0 Å². The van der Waals surface area contributed by atoms with E-state index < -0.39 is 12.1 Å². The van der Waals surface area contributed by atoms with Crippen molar-refractivity contribution in [2.24, 2.45) is 5.41 Å². The number of benzene rings is 3. The molecule has 1 aliphatic rings. The quantitative estimate of drug-likeness (QED) is 0.306. The van der Waals surface area contributed by atoms with Gasteiger partial charge in [-0.25, -0.2) is 9.18 Å². The first kappa shape index (κ1) is 22.8. The molecule has 4 aromatic rings. The van der Waals surface area contributed by atoms with E-state index in [9.17, 15) is 14.0 Å². The number of ether oxygens (including phenoxy) is 1. The van der Waals surface area contributed by atoms with E-state index in [1.807, 2.05) is 47.0 Å². The third-order valence-corrected chi connectivity index (χ3v) is 6.41. The maximum atomic E-state index is 13.8. The lowest BCUT2D eigenvalue weighted by Gasteiger charge is -2.30. The van der Waals surface area contributed by atoms with Crippen molar-refractivity contribution in [3.8, 4) is 5.69 Å². The zero-order valence-corrected chi connectivity index (χ0v) is 19.7. The summed E-state index contributed by atoms with van der Waals surface area (Å²) in [5.41, 5.74) is 3.91. The minimum Gasteiger partial charge on any atom is -0.447 e. The molecule has 1 aliphatic carbocycles. The Balaban J connectivity index is 1.70. The predicted octanol–water partition coefficient (Wildman–Crippen LogP) is 6.72. The molecule has 3 aromatic carbocycles. The van der Waals surface area contributed by atoms with Crippen LogP contribution in [0, 0.1) is 11.2 Å². The van der Waals surface area contributed by atoms with E-state index in [-0.39, 0.29) is 17.0 Å². The minimum atomic E-state index is -0.843. The topological polar surface area (TPSA) is 48.3 Å². The summed E-state index contributed by atoms with van der Waals surface area (Å²) in [5.74, 6) is -0.804. The Labute approximate surface area is 204 Å². The molecule has 0 N–H and O–H groups in total. The predicted molar refractivity (Wildman–Crippen MR) is 132 cm³/mol. The summed E-state index contributed by atoms with van der Waals surface area (Å²) in [7, 11) is 0. The molecule has 0 aliphatic heterocycles. The second-order valence-electron chi connectivity index (χ2n) is 9.74. The van der Waals surface area contributed by atoms with E-state index in [1.54, 1.807) is 36.4 Å². The number of para-hydroxylation sites is 1.